The summed E-state index contributed by atoms with van der Waals surface area (Å²) >= 11 is 0. The fourth-order valence-electron chi connectivity index (χ4n) is 2.85. The zero-order chi connectivity index (χ0) is 15.7. The molecule has 2 aromatic rings. The quantitative estimate of drug-likeness (QED) is 0.942. The fourth-order valence-corrected chi connectivity index (χ4v) is 2.85. The number of carboxylic acid groups (broad SMARTS) is 1. The molecule has 3 rings (SSSR count). The monoisotopic (exact) mass is 300 g/mol. The molecule has 0 saturated heterocycles. The highest BCUT2D eigenvalue weighted by Crippen LogP contribution is 2.25. The number of carboxylic acids is 1. The minimum absolute atomic E-state index is 0.175. The Labute approximate surface area is 129 Å². The summed E-state index contributed by atoms with van der Waals surface area (Å²) in [6.07, 6.45) is 1.80. The van der Waals surface area contributed by atoms with Gasteiger partial charge in [0.05, 0.1) is 5.69 Å². The highest BCUT2D eigenvalue weighted by Gasteiger charge is 2.26. The van der Waals surface area contributed by atoms with Gasteiger partial charge in [0.1, 0.15) is 18.2 Å². The van der Waals surface area contributed by atoms with Crippen molar-refractivity contribution in [1.82, 2.24) is 9.55 Å². The molecule has 1 unspecified atom stereocenters. The zero-order valence-electron chi connectivity index (χ0n) is 12.9. The molecule has 5 nitrogen and oxygen atoms in total. The van der Waals surface area contributed by atoms with Crippen LogP contribution in [0.15, 0.2) is 24.3 Å². The lowest BCUT2D eigenvalue weighted by Gasteiger charge is -2.22. The maximum absolute atomic E-state index is 11.4. The van der Waals surface area contributed by atoms with E-state index in [1.165, 1.54) is 5.56 Å². The molecule has 22 heavy (non-hydrogen) atoms. The summed E-state index contributed by atoms with van der Waals surface area (Å²) in [6.45, 7) is 5.26. The molecule has 0 fully saturated rings. The number of aryl methyl sites for hydroxylation is 1. The van der Waals surface area contributed by atoms with Crippen molar-refractivity contribution in [3.05, 3.63) is 47.0 Å². The molecule has 1 aliphatic rings. The number of imidazole rings is 1. The number of aromatic carboxylic acids is 1. The molecular weight excluding hydrogens is 280 g/mol. The van der Waals surface area contributed by atoms with E-state index < -0.39 is 5.97 Å². The van der Waals surface area contributed by atoms with Crippen LogP contribution in [0.4, 0.5) is 0 Å². The van der Waals surface area contributed by atoms with Gasteiger partial charge < -0.3 is 14.4 Å². The van der Waals surface area contributed by atoms with Gasteiger partial charge in [-0.1, -0.05) is 24.6 Å². The Kier molecular flexibility index (Phi) is 3.88. The molecule has 0 amide bonds. The van der Waals surface area contributed by atoms with Crippen molar-refractivity contribution >= 4 is 5.97 Å². The predicted octanol–water partition coefficient (Wildman–Crippen LogP) is 3.05. The highest BCUT2D eigenvalue weighted by molar-refractivity contribution is 5.87. The average molecular weight is 300 g/mol. The second-order valence-corrected chi connectivity index (χ2v) is 5.98. The van der Waals surface area contributed by atoms with Crippen molar-refractivity contribution in [1.29, 1.82) is 0 Å². The first-order chi connectivity index (χ1) is 10.5. The third kappa shape index (κ3) is 2.84. The zero-order valence-corrected chi connectivity index (χ0v) is 12.9. The molecule has 0 bridgehead atoms. The van der Waals surface area contributed by atoms with Crippen molar-refractivity contribution < 1.29 is 14.6 Å². The number of fused-ring (bicyclic) bond motifs is 1. The topological polar surface area (TPSA) is 64.3 Å². The van der Waals surface area contributed by atoms with E-state index >= 15 is 0 Å². The normalized spacial score (nSPS) is 17.1. The Hall–Kier alpha value is -2.30. The number of benzene rings is 1. The van der Waals surface area contributed by atoms with Gasteiger partial charge in [-0.15, -0.1) is 0 Å². The summed E-state index contributed by atoms with van der Waals surface area (Å²) in [5, 5.41) is 9.34. The van der Waals surface area contributed by atoms with Crippen LogP contribution < -0.4 is 4.74 Å². The highest BCUT2D eigenvalue weighted by atomic mass is 16.5. The molecule has 1 atom stereocenters. The summed E-state index contributed by atoms with van der Waals surface area (Å²) in [4.78, 5) is 15.7. The van der Waals surface area contributed by atoms with Gasteiger partial charge in [0.15, 0.2) is 5.69 Å². The number of rotatable bonds is 4. The Morgan fingerprint density at radius 1 is 1.41 bits per heavy atom. The smallest absolute Gasteiger partial charge is 0.356 e. The first-order valence-electron chi connectivity index (χ1n) is 7.55. The van der Waals surface area contributed by atoms with Crippen LogP contribution >= 0.6 is 0 Å². The van der Waals surface area contributed by atoms with E-state index in [4.69, 9.17) is 4.74 Å². The number of hydrogen-bond donors (Lipinski definition) is 1. The molecule has 1 aromatic carbocycles. The van der Waals surface area contributed by atoms with Gasteiger partial charge in [0, 0.05) is 6.54 Å². The Bertz CT molecular complexity index is 689. The number of aromatic nitrogens is 2. The van der Waals surface area contributed by atoms with Crippen molar-refractivity contribution in [2.45, 2.75) is 39.8 Å². The molecule has 0 spiro atoms. The Balaban J connectivity index is 1.83. The summed E-state index contributed by atoms with van der Waals surface area (Å²) in [5.74, 6) is 0.997. The molecule has 116 valence electrons. The SMILES string of the molecule is Cc1ccc(OCc2nc(C(=O)O)c3n2CCC(C)C3)cc1. The van der Waals surface area contributed by atoms with E-state index in [0.717, 1.165) is 30.8 Å². The van der Waals surface area contributed by atoms with Gasteiger partial charge in [-0.25, -0.2) is 9.78 Å². The molecule has 1 aliphatic heterocycles. The molecule has 5 heteroatoms. The Morgan fingerprint density at radius 2 is 2.14 bits per heavy atom. The summed E-state index contributed by atoms with van der Waals surface area (Å²) < 4.78 is 7.77. The second-order valence-electron chi connectivity index (χ2n) is 5.98. The fraction of sp³-hybridized carbons (Fsp3) is 0.412. The lowest BCUT2D eigenvalue weighted by atomic mass is 9.97. The standard InChI is InChI=1S/C17H20N2O3/c1-11-3-5-13(6-4-11)22-10-15-18-16(17(20)21)14-9-12(2)7-8-19(14)15/h3-6,12H,7-10H2,1-2H3,(H,20,21). The van der Waals surface area contributed by atoms with E-state index in [2.05, 4.69) is 11.9 Å². The van der Waals surface area contributed by atoms with E-state index in [1.54, 1.807) is 0 Å². The van der Waals surface area contributed by atoms with Crippen molar-refractivity contribution in [3.63, 3.8) is 0 Å². The van der Waals surface area contributed by atoms with E-state index in [1.807, 2.05) is 35.8 Å². The van der Waals surface area contributed by atoms with Crippen LogP contribution in [0, 0.1) is 12.8 Å². The average Bonchev–Trinajstić information content (AvgIpc) is 2.85. The van der Waals surface area contributed by atoms with Crippen molar-refractivity contribution in [2.24, 2.45) is 5.92 Å². The molecular formula is C17H20N2O3. The largest absolute Gasteiger partial charge is 0.486 e. The number of hydrogen-bond acceptors (Lipinski definition) is 3. The van der Waals surface area contributed by atoms with Gasteiger partial charge in [-0.3, -0.25) is 0 Å². The maximum Gasteiger partial charge on any atom is 0.356 e. The Morgan fingerprint density at radius 3 is 2.82 bits per heavy atom. The van der Waals surface area contributed by atoms with Crippen LogP contribution in [0.2, 0.25) is 0 Å². The molecule has 1 aromatic heterocycles. The van der Waals surface area contributed by atoms with E-state index in [-0.39, 0.29) is 12.3 Å². The summed E-state index contributed by atoms with van der Waals surface area (Å²) in [6, 6.07) is 7.80. The van der Waals surface area contributed by atoms with Gasteiger partial charge >= 0.3 is 5.97 Å². The van der Waals surface area contributed by atoms with Gasteiger partial charge in [-0.2, -0.15) is 0 Å². The van der Waals surface area contributed by atoms with E-state index in [0.29, 0.717) is 11.7 Å². The third-order valence-corrected chi connectivity index (χ3v) is 4.13. The van der Waals surface area contributed by atoms with Gasteiger partial charge in [0.2, 0.25) is 0 Å². The number of carbonyl (C=O) groups is 1. The molecule has 1 N–H and O–H groups in total. The minimum atomic E-state index is -0.959. The first kappa shape index (κ1) is 14.6. The van der Waals surface area contributed by atoms with Gasteiger partial charge in [-0.05, 0) is 37.8 Å². The van der Waals surface area contributed by atoms with Crippen LogP contribution in [0.3, 0.4) is 0 Å². The minimum Gasteiger partial charge on any atom is -0.486 e. The second kappa shape index (κ2) is 5.83. The lowest BCUT2D eigenvalue weighted by Crippen LogP contribution is -2.20. The number of nitrogens with zero attached hydrogens (tertiary/aromatic N) is 2. The molecule has 2 heterocycles. The van der Waals surface area contributed by atoms with Crippen LogP contribution in [0.25, 0.3) is 0 Å². The maximum atomic E-state index is 11.4. The van der Waals surface area contributed by atoms with Crippen molar-refractivity contribution in [3.8, 4) is 5.75 Å². The summed E-state index contributed by atoms with van der Waals surface area (Å²) in [7, 11) is 0. The number of ether oxygens (including phenoxy) is 1. The van der Waals surface area contributed by atoms with Crippen LogP contribution in [0.1, 0.15) is 40.9 Å². The predicted molar refractivity (Wildman–Crippen MR) is 82.2 cm³/mol. The molecule has 0 aliphatic carbocycles. The summed E-state index contributed by atoms with van der Waals surface area (Å²) in [5.41, 5.74) is 2.18. The van der Waals surface area contributed by atoms with E-state index in [9.17, 15) is 9.90 Å². The molecule has 0 radical (unpaired) electrons. The van der Waals surface area contributed by atoms with Gasteiger partial charge in [0.25, 0.3) is 0 Å². The molecule has 0 saturated carbocycles. The van der Waals surface area contributed by atoms with Crippen molar-refractivity contribution in [2.75, 3.05) is 0 Å². The van der Waals surface area contributed by atoms with Crippen LogP contribution in [-0.2, 0) is 19.6 Å². The van der Waals surface area contributed by atoms with Crippen LogP contribution in [-0.4, -0.2) is 20.6 Å². The third-order valence-electron chi connectivity index (χ3n) is 4.13. The van der Waals surface area contributed by atoms with Crippen LogP contribution in [0.5, 0.6) is 5.75 Å². The first-order valence-corrected chi connectivity index (χ1v) is 7.55. The lowest BCUT2D eigenvalue weighted by molar-refractivity contribution is 0.0688.